The highest BCUT2D eigenvalue weighted by Crippen LogP contribution is 2.21. The summed E-state index contributed by atoms with van der Waals surface area (Å²) in [5.41, 5.74) is 4.12. The van der Waals surface area contributed by atoms with Crippen LogP contribution in [0.3, 0.4) is 0 Å². The largest absolute Gasteiger partial charge is 0.394 e. The van der Waals surface area contributed by atoms with Crippen LogP contribution in [0.4, 0.5) is 0 Å². The number of hydrogen-bond donors (Lipinski definition) is 2. The number of nitrogens with one attached hydrogen (secondary N) is 1. The molecule has 7 heteroatoms. The highest BCUT2D eigenvalue weighted by Gasteiger charge is 2.29. The van der Waals surface area contributed by atoms with Crippen molar-refractivity contribution in [2.45, 2.75) is 6.04 Å². The normalized spacial score (nSPS) is 18.2. The summed E-state index contributed by atoms with van der Waals surface area (Å²) in [6.45, 7) is -0.145. The molecule has 1 aliphatic rings. The number of aliphatic imine (C=N–C) groups is 1. The Bertz CT molecular complexity index is 1080. The van der Waals surface area contributed by atoms with Crippen molar-refractivity contribution in [3.63, 3.8) is 0 Å². The van der Waals surface area contributed by atoms with Gasteiger partial charge in [-0.2, -0.15) is 0 Å². The number of hydrogen-bond acceptors (Lipinski definition) is 4. The number of amides is 1. The zero-order valence-electron chi connectivity index (χ0n) is 15.7. The highest BCUT2D eigenvalue weighted by atomic mass is 16.3. The second-order valence-corrected chi connectivity index (χ2v) is 6.71. The van der Waals surface area contributed by atoms with Gasteiger partial charge in [0.05, 0.1) is 24.0 Å². The molecule has 28 heavy (non-hydrogen) atoms. The molecule has 1 amide bonds. The van der Waals surface area contributed by atoms with Crippen molar-refractivity contribution in [3.8, 4) is 0 Å². The zero-order chi connectivity index (χ0) is 19.7. The Hall–Kier alpha value is -3.45. The fourth-order valence-electron chi connectivity index (χ4n) is 3.19. The average molecular weight is 375 g/mol. The molecule has 0 saturated carbocycles. The van der Waals surface area contributed by atoms with Crippen LogP contribution in [-0.2, 0) is 11.8 Å². The third-order valence-electron chi connectivity index (χ3n) is 4.80. The number of carbonyl (C=O) groups is 1. The van der Waals surface area contributed by atoms with E-state index in [1.54, 1.807) is 19.5 Å². The molecule has 1 fully saturated rings. The van der Waals surface area contributed by atoms with E-state index in [1.807, 2.05) is 60.1 Å². The van der Waals surface area contributed by atoms with E-state index in [4.69, 9.17) is 0 Å². The fraction of sp³-hybridized carbons (Fsp3) is 0.190. The van der Waals surface area contributed by atoms with Crippen LogP contribution in [0.25, 0.3) is 17.1 Å². The van der Waals surface area contributed by atoms with Gasteiger partial charge in [-0.3, -0.25) is 9.69 Å². The summed E-state index contributed by atoms with van der Waals surface area (Å²) in [6.07, 6.45) is 3.56. The highest BCUT2D eigenvalue weighted by molar-refractivity contribution is 6.15. The van der Waals surface area contributed by atoms with Crippen LogP contribution in [-0.4, -0.2) is 45.1 Å². The molecule has 0 bridgehead atoms. The van der Waals surface area contributed by atoms with Crippen molar-refractivity contribution in [1.29, 1.82) is 0 Å². The number of carbonyl (C=O) groups excluding carboxylic acids is 1. The van der Waals surface area contributed by atoms with Gasteiger partial charge in [0.2, 0.25) is 5.96 Å². The zero-order valence-corrected chi connectivity index (χ0v) is 15.7. The summed E-state index contributed by atoms with van der Waals surface area (Å²) in [7, 11) is 3.60. The van der Waals surface area contributed by atoms with E-state index in [1.165, 1.54) is 4.90 Å². The molecule has 7 nitrogen and oxygen atoms in total. The number of benzene rings is 2. The Labute approximate surface area is 162 Å². The molecule has 0 aliphatic carbocycles. The number of aliphatic hydroxyl groups is 1. The first kappa shape index (κ1) is 17.9. The van der Waals surface area contributed by atoms with Crippen molar-refractivity contribution in [2.24, 2.45) is 12.0 Å². The van der Waals surface area contributed by atoms with Crippen molar-refractivity contribution in [1.82, 2.24) is 19.8 Å². The van der Waals surface area contributed by atoms with E-state index in [0.717, 1.165) is 22.2 Å². The van der Waals surface area contributed by atoms with Gasteiger partial charge >= 0.3 is 0 Å². The number of nitrogens with zero attached hydrogens (tertiary/aromatic N) is 4. The molecular weight excluding hydrogens is 354 g/mol. The minimum atomic E-state index is -0.441. The lowest BCUT2D eigenvalue weighted by molar-refractivity contribution is -0.121. The second kappa shape index (κ2) is 7.28. The monoisotopic (exact) mass is 375 g/mol. The molecule has 1 atom stereocenters. The molecule has 0 unspecified atom stereocenters. The van der Waals surface area contributed by atoms with E-state index in [0.29, 0.717) is 11.7 Å². The van der Waals surface area contributed by atoms with Gasteiger partial charge in [0.1, 0.15) is 11.7 Å². The molecule has 2 heterocycles. The number of aliphatic hydroxyl groups excluding tert-OH is 1. The van der Waals surface area contributed by atoms with Gasteiger partial charge in [0, 0.05) is 14.1 Å². The summed E-state index contributed by atoms with van der Waals surface area (Å²) < 4.78 is 1.94. The van der Waals surface area contributed by atoms with E-state index >= 15 is 0 Å². The topological polar surface area (TPSA) is 82.8 Å². The number of fused-ring (bicyclic) bond motifs is 1. The number of aromatic nitrogens is 2. The van der Waals surface area contributed by atoms with Gasteiger partial charge in [-0.15, -0.1) is 0 Å². The van der Waals surface area contributed by atoms with E-state index in [9.17, 15) is 9.90 Å². The number of guanidine groups is 1. The van der Waals surface area contributed by atoms with E-state index in [-0.39, 0.29) is 12.5 Å². The van der Waals surface area contributed by atoms with Crippen LogP contribution < -0.4 is 5.32 Å². The molecule has 2 N–H and O–H groups in total. The van der Waals surface area contributed by atoms with Gasteiger partial charge in [-0.05, 0) is 29.3 Å². The maximum atomic E-state index is 12.6. The predicted molar refractivity (Wildman–Crippen MR) is 108 cm³/mol. The van der Waals surface area contributed by atoms with Gasteiger partial charge in [0.25, 0.3) is 5.91 Å². The first-order valence-corrected chi connectivity index (χ1v) is 8.98. The molecule has 2 aromatic carbocycles. The fourth-order valence-corrected chi connectivity index (χ4v) is 3.19. The van der Waals surface area contributed by atoms with Crippen LogP contribution in [0.5, 0.6) is 0 Å². The number of aryl methyl sites for hydroxylation is 1. The lowest BCUT2D eigenvalue weighted by atomic mass is 10.1. The SMILES string of the molecule is CN1C(=O)/C(=C/c2ccc3ncn(C)c3c2)NC1=N[C@H](CO)c1ccccc1. The van der Waals surface area contributed by atoms with Crippen molar-refractivity contribution in [3.05, 3.63) is 71.7 Å². The van der Waals surface area contributed by atoms with Gasteiger partial charge in [-0.25, -0.2) is 9.98 Å². The first-order valence-electron chi connectivity index (χ1n) is 8.98. The molecule has 4 rings (SSSR count). The average Bonchev–Trinajstić information content (AvgIpc) is 3.21. The van der Waals surface area contributed by atoms with Crippen molar-refractivity contribution < 1.29 is 9.90 Å². The summed E-state index contributed by atoms with van der Waals surface area (Å²) >= 11 is 0. The maximum Gasteiger partial charge on any atom is 0.276 e. The first-order chi connectivity index (χ1) is 13.6. The third-order valence-corrected chi connectivity index (χ3v) is 4.80. The lowest BCUT2D eigenvalue weighted by Crippen LogP contribution is -2.29. The Kier molecular flexibility index (Phi) is 4.67. The van der Waals surface area contributed by atoms with Gasteiger partial charge in [0.15, 0.2) is 0 Å². The molecule has 3 aromatic rings. The molecule has 1 saturated heterocycles. The minimum Gasteiger partial charge on any atom is -0.394 e. The number of rotatable bonds is 4. The summed E-state index contributed by atoms with van der Waals surface area (Å²) in [4.78, 5) is 23.0. The quantitative estimate of drug-likeness (QED) is 0.684. The third kappa shape index (κ3) is 3.27. The minimum absolute atomic E-state index is 0.145. The molecule has 0 spiro atoms. The molecule has 1 aliphatic heterocycles. The smallest absolute Gasteiger partial charge is 0.276 e. The maximum absolute atomic E-state index is 12.6. The second-order valence-electron chi connectivity index (χ2n) is 6.71. The Morgan fingerprint density at radius 2 is 2.00 bits per heavy atom. The molecule has 0 radical (unpaired) electrons. The van der Waals surface area contributed by atoms with Crippen LogP contribution in [0.1, 0.15) is 17.2 Å². The number of imidazole rings is 1. The predicted octanol–water partition coefficient (Wildman–Crippen LogP) is 2.07. The number of likely N-dealkylation sites (N-methyl/N-ethyl adjacent to an activating group) is 1. The lowest BCUT2D eigenvalue weighted by Gasteiger charge is -2.13. The van der Waals surface area contributed by atoms with Crippen LogP contribution in [0.2, 0.25) is 0 Å². The van der Waals surface area contributed by atoms with Crippen LogP contribution in [0.15, 0.2) is 65.5 Å². The molecular formula is C21H21N5O2. The van der Waals surface area contributed by atoms with E-state index in [2.05, 4.69) is 15.3 Å². The molecule has 1 aromatic heterocycles. The summed E-state index contributed by atoms with van der Waals surface area (Å²) in [6, 6.07) is 14.9. The van der Waals surface area contributed by atoms with E-state index < -0.39 is 6.04 Å². The summed E-state index contributed by atoms with van der Waals surface area (Å²) in [5.74, 6) is 0.245. The Morgan fingerprint density at radius 3 is 2.75 bits per heavy atom. The van der Waals surface area contributed by atoms with Crippen molar-refractivity contribution in [2.75, 3.05) is 13.7 Å². The standard InChI is InChI=1S/C21H21N5O2/c1-25-13-22-16-9-8-14(11-19(16)25)10-17-20(28)26(2)21(23-17)24-18(12-27)15-6-4-3-5-7-15/h3-11,13,18,27H,12H2,1-2H3,(H,23,24)/b17-10-/t18-/m1/s1. The van der Waals surface area contributed by atoms with Crippen LogP contribution in [0, 0.1) is 0 Å². The molecule has 142 valence electrons. The van der Waals surface area contributed by atoms with Crippen molar-refractivity contribution >= 4 is 29.0 Å². The Morgan fingerprint density at radius 1 is 1.21 bits per heavy atom. The van der Waals surface area contributed by atoms with Gasteiger partial charge in [-0.1, -0.05) is 36.4 Å². The van der Waals surface area contributed by atoms with Crippen LogP contribution >= 0.6 is 0 Å². The van der Waals surface area contributed by atoms with Gasteiger partial charge < -0.3 is 15.0 Å². The Balaban J connectivity index is 1.64. The summed E-state index contributed by atoms with van der Waals surface area (Å²) in [5, 5.41) is 12.8.